The van der Waals surface area contributed by atoms with Gasteiger partial charge in [-0.1, -0.05) is 0 Å². The predicted octanol–water partition coefficient (Wildman–Crippen LogP) is 4.13. The number of piperidine rings is 1. The number of nitrogens with zero attached hydrogens (tertiary/aromatic N) is 3. The maximum Gasteiger partial charge on any atom is 0.416 e. The van der Waals surface area contributed by atoms with Gasteiger partial charge in [0.25, 0.3) is 0 Å². The monoisotopic (exact) mass is 365 g/mol. The number of aromatic nitrogens is 2. The van der Waals surface area contributed by atoms with Crippen molar-refractivity contribution in [3.8, 4) is 0 Å². The van der Waals surface area contributed by atoms with Gasteiger partial charge in [0, 0.05) is 24.8 Å². The summed E-state index contributed by atoms with van der Waals surface area (Å²) in [5.74, 6) is 1.06. The minimum Gasteiger partial charge on any atom is -0.356 e. The molecule has 1 aliphatic rings. The summed E-state index contributed by atoms with van der Waals surface area (Å²) in [6.07, 6.45) is 0.356. The van der Waals surface area contributed by atoms with Crippen molar-refractivity contribution < 1.29 is 18.0 Å². The molecule has 2 N–H and O–H groups in total. The molecule has 9 heteroatoms. The number of alkyl halides is 3. The van der Waals surface area contributed by atoms with E-state index >= 15 is 0 Å². The number of carbonyl (C=O) groups is 1. The SMILES string of the molecule is O=C(Nc1ccc(C(F)(F)F)cc1)Nc1cc(N2CCCCC2)ncn1. The van der Waals surface area contributed by atoms with E-state index in [9.17, 15) is 18.0 Å². The van der Waals surface area contributed by atoms with Crippen molar-refractivity contribution in [1.29, 1.82) is 0 Å². The summed E-state index contributed by atoms with van der Waals surface area (Å²) in [5.41, 5.74) is -0.522. The van der Waals surface area contributed by atoms with Crippen LogP contribution in [0.5, 0.6) is 0 Å². The number of hydrogen-bond donors (Lipinski definition) is 2. The Balaban J connectivity index is 1.61. The van der Waals surface area contributed by atoms with Crippen LogP contribution < -0.4 is 15.5 Å². The zero-order chi connectivity index (χ0) is 18.6. The first kappa shape index (κ1) is 18.0. The molecule has 0 atom stereocenters. The lowest BCUT2D eigenvalue weighted by molar-refractivity contribution is -0.137. The summed E-state index contributed by atoms with van der Waals surface area (Å²) in [5, 5.41) is 5.04. The van der Waals surface area contributed by atoms with Gasteiger partial charge in [0.1, 0.15) is 18.0 Å². The molecule has 0 radical (unpaired) electrons. The fraction of sp³-hybridized carbons (Fsp3) is 0.353. The molecule has 1 aromatic heterocycles. The van der Waals surface area contributed by atoms with Crippen LogP contribution in [0.1, 0.15) is 24.8 Å². The molecule has 138 valence electrons. The second-order valence-electron chi connectivity index (χ2n) is 5.96. The molecule has 1 fully saturated rings. The van der Waals surface area contributed by atoms with E-state index in [0.717, 1.165) is 43.9 Å². The van der Waals surface area contributed by atoms with Crippen LogP contribution in [0.25, 0.3) is 0 Å². The number of halogens is 3. The Morgan fingerprint density at radius 1 is 1.00 bits per heavy atom. The highest BCUT2D eigenvalue weighted by molar-refractivity contribution is 5.99. The average molecular weight is 365 g/mol. The summed E-state index contributed by atoms with van der Waals surface area (Å²) in [6.45, 7) is 1.82. The lowest BCUT2D eigenvalue weighted by Crippen LogP contribution is -2.30. The number of amides is 2. The third kappa shape index (κ3) is 4.62. The Kier molecular flexibility index (Phi) is 5.24. The van der Waals surface area contributed by atoms with Crippen LogP contribution in [0, 0.1) is 0 Å². The number of rotatable bonds is 3. The highest BCUT2D eigenvalue weighted by Gasteiger charge is 2.30. The van der Waals surface area contributed by atoms with Gasteiger partial charge in [-0.3, -0.25) is 5.32 Å². The Morgan fingerprint density at radius 2 is 1.69 bits per heavy atom. The van der Waals surface area contributed by atoms with Crippen molar-refractivity contribution in [1.82, 2.24) is 9.97 Å². The van der Waals surface area contributed by atoms with Gasteiger partial charge in [-0.25, -0.2) is 14.8 Å². The van der Waals surface area contributed by atoms with Crippen LogP contribution in [-0.4, -0.2) is 29.1 Å². The fourth-order valence-corrected chi connectivity index (χ4v) is 2.73. The molecule has 1 saturated heterocycles. The van der Waals surface area contributed by atoms with Crippen LogP contribution in [0.15, 0.2) is 36.7 Å². The Morgan fingerprint density at radius 3 is 2.35 bits per heavy atom. The van der Waals surface area contributed by atoms with Gasteiger partial charge in [0.05, 0.1) is 5.56 Å². The Bertz CT molecular complexity index is 758. The first-order valence-electron chi connectivity index (χ1n) is 8.24. The molecule has 0 aliphatic carbocycles. The van der Waals surface area contributed by atoms with Crippen molar-refractivity contribution in [3.05, 3.63) is 42.2 Å². The zero-order valence-corrected chi connectivity index (χ0v) is 13.9. The molecule has 26 heavy (non-hydrogen) atoms. The van der Waals surface area contributed by atoms with Crippen LogP contribution in [0.4, 0.5) is 35.3 Å². The molecule has 6 nitrogen and oxygen atoms in total. The van der Waals surface area contributed by atoms with Gasteiger partial charge in [-0.15, -0.1) is 0 Å². The summed E-state index contributed by atoms with van der Waals surface area (Å²) < 4.78 is 37.6. The van der Waals surface area contributed by atoms with Crippen LogP contribution >= 0.6 is 0 Å². The zero-order valence-electron chi connectivity index (χ0n) is 13.9. The second-order valence-corrected chi connectivity index (χ2v) is 5.96. The van der Waals surface area contributed by atoms with Crippen molar-refractivity contribution >= 4 is 23.4 Å². The second kappa shape index (κ2) is 7.59. The quantitative estimate of drug-likeness (QED) is 0.858. The minimum atomic E-state index is -4.41. The first-order chi connectivity index (χ1) is 12.4. The maximum absolute atomic E-state index is 12.5. The van der Waals surface area contributed by atoms with E-state index in [-0.39, 0.29) is 5.69 Å². The van der Waals surface area contributed by atoms with E-state index in [0.29, 0.717) is 5.82 Å². The van der Waals surface area contributed by atoms with Crippen molar-refractivity contribution in [3.63, 3.8) is 0 Å². The number of anilines is 3. The number of nitrogens with one attached hydrogen (secondary N) is 2. The van der Waals surface area contributed by atoms with Crippen molar-refractivity contribution in [2.45, 2.75) is 25.4 Å². The Labute approximate surface area is 148 Å². The smallest absolute Gasteiger partial charge is 0.356 e. The molecule has 1 aliphatic heterocycles. The molecule has 0 saturated carbocycles. The van der Waals surface area contributed by atoms with E-state index in [1.807, 2.05) is 0 Å². The minimum absolute atomic E-state index is 0.251. The third-order valence-electron chi connectivity index (χ3n) is 4.04. The number of urea groups is 1. The highest BCUT2D eigenvalue weighted by Crippen LogP contribution is 2.29. The predicted molar refractivity (Wildman–Crippen MR) is 92.2 cm³/mol. The molecule has 2 aromatic rings. The largest absolute Gasteiger partial charge is 0.416 e. The molecule has 2 heterocycles. The molecule has 0 bridgehead atoms. The van der Waals surface area contributed by atoms with Crippen molar-refractivity contribution in [2.75, 3.05) is 28.6 Å². The average Bonchev–Trinajstić information content (AvgIpc) is 2.62. The van der Waals surface area contributed by atoms with Gasteiger partial charge in [-0.2, -0.15) is 13.2 Å². The van der Waals surface area contributed by atoms with Gasteiger partial charge >= 0.3 is 12.2 Å². The van der Waals surface area contributed by atoms with Gasteiger partial charge < -0.3 is 10.2 Å². The lowest BCUT2D eigenvalue weighted by Gasteiger charge is -2.27. The standard InChI is InChI=1S/C17H18F3N5O/c18-17(19,20)12-4-6-13(7-5-12)23-16(26)24-14-10-15(22-11-21-14)25-8-2-1-3-9-25/h4-7,10-11H,1-3,8-9H2,(H2,21,22,23,24,26). The van der Waals surface area contributed by atoms with Gasteiger partial charge in [0.15, 0.2) is 0 Å². The molecule has 1 aromatic carbocycles. The summed E-state index contributed by atoms with van der Waals surface area (Å²) >= 11 is 0. The van der Waals surface area contributed by atoms with Crippen LogP contribution in [0.2, 0.25) is 0 Å². The Hall–Kier alpha value is -2.84. The van der Waals surface area contributed by atoms with E-state index in [2.05, 4.69) is 25.5 Å². The van der Waals surface area contributed by atoms with Crippen LogP contribution in [-0.2, 0) is 6.18 Å². The molecule has 0 spiro atoms. The van der Waals surface area contributed by atoms with Crippen molar-refractivity contribution in [2.24, 2.45) is 0 Å². The first-order valence-corrected chi connectivity index (χ1v) is 8.24. The summed E-state index contributed by atoms with van der Waals surface area (Å²) in [7, 11) is 0. The molecular formula is C17H18F3N5O. The normalized spacial score (nSPS) is 14.8. The highest BCUT2D eigenvalue weighted by atomic mass is 19.4. The molecule has 2 amide bonds. The summed E-state index contributed by atoms with van der Waals surface area (Å²) in [6, 6.07) is 5.30. The molecular weight excluding hydrogens is 347 g/mol. The van der Waals surface area contributed by atoms with E-state index in [4.69, 9.17) is 0 Å². The van der Waals surface area contributed by atoms with Gasteiger partial charge in [-0.05, 0) is 43.5 Å². The molecule has 0 unspecified atom stereocenters. The van der Waals surface area contributed by atoms with Crippen LogP contribution in [0.3, 0.4) is 0 Å². The van der Waals surface area contributed by atoms with E-state index in [1.165, 1.54) is 24.9 Å². The fourth-order valence-electron chi connectivity index (χ4n) is 2.73. The number of carbonyl (C=O) groups excluding carboxylic acids is 1. The molecule has 3 rings (SSSR count). The lowest BCUT2D eigenvalue weighted by atomic mass is 10.1. The number of hydrogen-bond acceptors (Lipinski definition) is 4. The number of benzene rings is 1. The topological polar surface area (TPSA) is 70.2 Å². The van der Waals surface area contributed by atoms with E-state index in [1.54, 1.807) is 6.07 Å². The third-order valence-corrected chi connectivity index (χ3v) is 4.04. The summed E-state index contributed by atoms with van der Waals surface area (Å²) in [4.78, 5) is 22.4. The van der Waals surface area contributed by atoms with E-state index < -0.39 is 17.8 Å². The maximum atomic E-state index is 12.5. The van der Waals surface area contributed by atoms with Gasteiger partial charge in [0.2, 0.25) is 0 Å².